The highest BCUT2D eigenvalue weighted by molar-refractivity contribution is 5.94. The van der Waals surface area contributed by atoms with Crippen molar-refractivity contribution in [2.45, 2.75) is 6.92 Å². The lowest BCUT2D eigenvalue weighted by atomic mass is 10.2. The SMILES string of the molecule is COc1ccc(OCCNC(=O)c2ccc3nc(C)c(N(C)C=O)n3c2)cc1. The van der Waals surface area contributed by atoms with Gasteiger partial charge in [-0.05, 0) is 43.3 Å². The first-order valence-corrected chi connectivity index (χ1v) is 8.75. The van der Waals surface area contributed by atoms with E-state index in [9.17, 15) is 9.59 Å². The molecule has 0 saturated heterocycles. The number of hydrogen-bond acceptors (Lipinski definition) is 5. The second kappa shape index (κ2) is 8.43. The van der Waals surface area contributed by atoms with Crippen LogP contribution in [0.5, 0.6) is 11.5 Å². The fraction of sp³-hybridized carbons (Fsp3) is 0.250. The molecule has 2 aromatic heterocycles. The Hall–Kier alpha value is -3.55. The van der Waals surface area contributed by atoms with Crippen LogP contribution in [-0.2, 0) is 4.79 Å². The van der Waals surface area contributed by atoms with Crippen LogP contribution in [0.3, 0.4) is 0 Å². The average molecular weight is 382 g/mol. The second-order valence-corrected chi connectivity index (χ2v) is 6.16. The molecule has 0 unspecified atom stereocenters. The Morgan fingerprint density at radius 2 is 1.93 bits per heavy atom. The molecule has 0 aliphatic rings. The van der Waals surface area contributed by atoms with Crippen molar-refractivity contribution in [1.82, 2.24) is 14.7 Å². The van der Waals surface area contributed by atoms with E-state index < -0.39 is 0 Å². The number of aryl methyl sites for hydroxylation is 1. The molecule has 0 atom stereocenters. The van der Waals surface area contributed by atoms with Crippen molar-refractivity contribution in [3.8, 4) is 11.5 Å². The molecular formula is C20H22N4O4. The number of amides is 2. The molecule has 8 heteroatoms. The van der Waals surface area contributed by atoms with E-state index in [1.54, 1.807) is 49.0 Å². The number of nitrogens with one attached hydrogen (secondary N) is 1. The van der Waals surface area contributed by atoms with Crippen molar-refractivity contribution in [3.05, 3.63) is 53.9 Å². The highest BCUT2D eigenvalue weighted by Gasteiger charge is 2.14. The first kappa shape index (κ1) is 19.2. The lowest BCUT2D eigenvalue weighted by Crippen LogP contribution is -2.28. The summed E-state index contributed by atoms with van der Waals surface area (Å²) >= 11 is 0. The summed E-state index contributed by atoms with van der Waals surface area (Å²) in [6.07, 6.45) is 2.38. The van der Waals surface area contributed by atoms with Crippen LogP contribution in [0.1, 0.15) is 16.1 Å². The predicted molar refractivity (Wildman–Crippen MR) is 105 cm³/mol. The number of hydrogen-bond donors (Lipinski definition) is 1. The summed E-state index contributed by atoms with van der Waals surface area (Å²) in [6.45, 7) is 2.51. The molecule has 2 heterocycles. The molecule has 8 nitrogen and oxygen atoms in total. The van der Waals surface area contributed by atoms with Crippen LogP contribution >= 0.6 is 0 Å². The number of ether oxygens (including phenoxy) is 2. The maximum atomic E-state index is 12.4. The Kier molecular flexibility index (Phi) is 5.78. The van der Waals surface area contributed by atoms with Crippen molar-refractivity contribution in [3.63, 3.8) is 0 Å². The van der Waals surface area contributed by atoms with Crippen LogP contribution in [0.4, 0.5) is 5.82 Å². The molecular weight excluding hydrogens is 360 g/mol. The summed E-state index contributed by atoms with van der Waals surface area (Å²) in [4.78, 5) is 29.4. The molecule has 3 rings (SSSR count). The lowest BCUT2D eigenvalue weighted by molar-refractivity contribution is -0.107. The molecule has 0 aliphatic carbocycles. The molecule has 146 valence electrons. The molecule has 1 aromatic carbocycles. The van der Waals surface area contributed by atoms with Gasteiger partial charge in [-0.15, -0.1) is 0 Å². The van der Waals surface area contributed by atoms with E-state index in [-0.39, 0.29) is 5.91 Å². The molecule has 0 bridgehead atoms. The number of imidazole rings is 1. The molecule has 0 saturated carbocycles. The summed E-state index contributed by atoms with van der Waals surface area (Å²) in [7, 11) is 3.25. The number of pyridine rings is 1. The van der Waals surface area contributed by atoms with Crippen molar-refractivity contribution in [2.75, 3.05) is 32.2 Å². The van der Waals surface area contributed by atoms with Gasteiger partial charge in [0.2, 0.25) is 6.41 Å². The minimum Gasteiger partial charge on any atom is -0.497 e. The van der Waals surface area contributed by atoms with Gasteiger partial charge in [0, 0.05) is 13.2 Å². The van der Waals surface area contributed by atoms with Gasteiger partial charge in [0.25, 0.3) is 5.91 Å². The Labute approximate surface area is 162 Å². The lowest BCUT2D eigenvalue weighted by Gasteiger charge is -2.12. The van der Waals surface area contributed by atoms with Gasteiger partial charge in [-0.3, -0.25) is 14.0 Å². The van der Waals surface area contributed by atoms with Gasteiger partial charge >= 0.3 is 0 Å². The van der Waals surface area contributed by atoms with E-state index in [4.69, 9.17) is 9.47 Å². The minimum absolute atomic E-state index is 0.230. The third-order valence-corrected chi connectivity index (χ3v) is 4.23. The molecule has 0 fully saturated rings. The van der Waals surface area contributed by atoms with Gasteiger partial charge in [0.1, 0.15) is 29.6 Å². The monoisotopic (exact) mass is 382 g/mol. The molecule has 3 aromatic rings. The number of anilines is 1. The summed E-state index contributed by atoms with van der Waals surface area (Å²) in [5.41, 5.74) is 1.84. The van der Waals surface area contributed by atoms with Gasteiger partial charge in [-0.1, -0.05) is 0 Å². The predicted octanol–water partition coefficient (Wildman–Crippen LogP) is 2.05. The highest BCUT2D eigenvalue weighted by Crippen LogP contribution is 2.21. The van der Waals surface area contributed by atoms with E-state index in [1.165, 1.54) is 4.90 Å². The van der Waals surface area contributed by atoms with Crippen molar-refractivity contribution in [1.29, 1.82) is 0 Å². The van der Waals surface area contributed by atoms with Crippen LogP contribution in [0.15, 0.2) is 42.6 Å². The van der Waals surface area contributed by atoms with Gasteiger partial charge in [-0.2, -0.15) is 0 Å². The molecule has 2 amide bonds. The topological polar surface area (TPSA) is 85.2 Å². The van der Waals surface area contributed by atoms with Gasteiger partial charge in [-0.25, -0.2) is 4.98 Å². The van der Waals surface area contributed by atoms with Gasteiger partial charge < -0.3 is 19.7 Å². The quantitative estimate of drug-likeness (QED) is 0.476. The summed E-state index contributed by atoms with van der Waals surface area (Å²) in [6, 6.07) is 10.7. The number of carbonyl (C=O) groups excluding carboxylic acids is 2. The zero-order valence-corrected chi connectivity index (χ0v) is 16.0. The van der Waals surface area contributed by atoms with Crippen LogP contribution < -0.4 is 19.7 Å². The largest absolute Gasteiger partial charge is 0.497 e. The van der Waals surface area contributed by atoms with E-state index in [2.05, 4.69) is 10.3 Å². The number of methoxy groups -OCH3 is 1. The molecule has 0 aliphatic heterocycles. The standard InChI is InChI=1S/C20H22N4O4/c1-14-20(23(2)13-25)24-12-15(4-9-18(24)22-14)19(26)21-10-11-28-17-7-5-16(27-3)6-8-17/h4-9,12-13H,10-11H2,1-3H3,(H,21,26). The number of rotatable bonds is 8. The average Bonchev–Trinajstić information content (AvgIpc) is 3.05. The van der Waals surface area contributed by atoms with Gasteiger partial charge in [0.15, 0.2) is 0 Å². The zero-order chi connectivity index (χ0) is 20.1. The van der Waals surface area contributed by atoms with Gasteiger partial charge in [0.05, 0.1) is 24.9 Å². The zero-order valence-electron chi connectivity index (χ0n) is 16.0. The first-order chi connectivity index (χ1) is 13.5. The van der Waals surface area contributed by atoms with Crippen LogP contribution in [0.25, 0.3) is 5.65 Å². The van der Waals surface area contributed by atoms with E-state index in [1.807, 2.05) is 19.1 Å². The molecule has 0 radical (unpaired) electrons. The Balaban J connectivity index is 1.62. The van der Waals surface area contributed by atoms with E-state index >= 15 is 0 Å². The Morgan fingerprint density at radius 3 is 2.61 bits per heavy atom. The summed E-state index contributed by atoms with van der Waals surface area (Å²) in [5, 5.41) is 2.82. The van der Waals surface area contributed by atoms with E-state index in [0.717, 1.165) is 5.75 Å². The third kappa shape index (κ3) is 4.06. The van der Waals surface area contributed by atoms with Crippen molar-refractivity contribution in [2.24, 2.45) is 0 Å². The number of fused-ring (bicyclic) bond motifs is 1. The summed E-state index contributed by atoms with van der Waals surface area (Å²) in [5.74, 6) is 1.85. The number of nitrogens with zero attached hydrogens (tertiary/aromatic N) is 3. The minimum atomic E-state index is -0.230. The maximum absolute atomic E-state index is 12.4. The molecule has 1 N–H and O–H groups in total. The maximum Gasteiger partial charge on any atom is 0.252 e. The Bertz CT molecular complexity index is 982. The fourth-order valence-electron chi connectivity index (χ4n) is 2.87. The van der Waals surface area contributed by atoms with Crippen molar-refractivity contribution >= 4 is 23.8 Å². The Morgan fingerprint density at radius 1 is 1.21 bits per heavy atom. The number of aromatic nitrogens is 2. The van der Waals surface area contributed by atoms with Crippen LogP contribution in [0.2, 0.25) is 0 Å². The fourth-order valence-corrected chi connectivity index (χ4v) is 2.87. The molecule has 28 heavy (non-hydrogen) atoms. The first-order valence-electron chi connectivity index (χ1n) is 8.75. The normalized spacial score (nSPS) is 10.5. The third-order valence-electron chi connectivity index (χ3n) is 4.23. The molecule has 0 spiro atoms. The van der Waals surface area contributed by atoms with Crippen molar-refractivity contribution < 1.29 is 19.1 Å². The second-order valence-electron chi connectivity index (χ2n) is 6.16. The summed E-state index contributed by atoms with van der Waals surface area (Å²) < 4.78 is 12.4. The van der Waals surface area contributed by atoms with Crippen LogP contribution in [-0.4, -0.2) is 49.0 Å². The number of carbonyl (C=O) groups is 2. The highest BCUT2D eigenvalue weighted by atomic mass is 16.5. The van der Waals surface area contributed by atoms with E-state index in [0.29, 0.717) is 48.0 Å². The van der Waals surface area contributed by atoms with Crippen LogP contribution in [0, 0.1) is 6.92 Å². The number of benzene rings is 1. The smallest absolute Gasteiger partial charge is 0.252 e.